The van der Waals surface area contributed by atoms with Crippen molar-refractivity contribution in [2.45, 2.75) is 44.7 Å². The van der Waals surface area contributed by atoms with Crippen molar-refractivity contribution in [2.24, 2.45) is 10.9 Å². The summed E-state index contributed by atoms with van der Waals surface area (Å²) in [5.74, 6) is 1.07. The molecule has 2 fully saturated rings. The maximum Gasteiger partial charge on any atom is 0.227 e. The number of anilines is 2. The van der Waals surface area contributed by atoms with E-state index in [1.807, 2.05) is 29.2 Å². The lowest BCUT2D eigenvalue weighted by Crippen LogP contribution is -2.44. The molecule has 1 aromatic carbocycles. The van der Waals surface area contributed by atoms with E-state index < -0.39 is 0 Å². The first-order valence-corrected chi connectivity index (χ1v) is 11.3. The number of aromatic nitrogens is 1. The number of halogens is 1. The Bertz CT molecular complexity index is 959. The second-order valence-electron chi connectivity index (χ2n) is 8.48. The first kappa shape index (κ1) is 22.0. The summed E-state index contributed by atoms with van der Waals surface area (Å²) in [5.41, 5.74) is 1.88. The van der Waals surface area contributed by atoms with Gasteiger partial charge in [-0.25, -0.2) is 9.37 Å². The fourth-order valence-electron chi connectivity index (χ4n) is 4.45. The van der Waals surface area contributed by atoms with Crippen molar-refractivity contribution in [1.29, 1.82) is 0 Å². The van der Waals surface area contributed by atoms with E-state index in [1.165, 1.54) is 6.07 Å². The van der Waals surface area contributed by atoms with Gasteiger partial charge in [-0.1, -0.05) is 25.0 Å². The number of benzene rings is 1. The van der Waals surface area contributed by atoms with Gasteiger partial charge in [0, 0.05) is 50.5 Å². The minimum atomic E-state index is -0.296. The number of pyridine rings is 1. The van der Waals surface area contributed by atoms with Crippen molar-refractivity contribution < 1.29 is 9.18 Å². The maximum absolute atomic E-state index is 14.0. The van der Waals surface area contributed by atoms with Crippen molar-refractivity contribution in [1.82, 2.24) is 15.6 Å². The molecule has 4 rings (SSSR count). The van der Waals surface area contributed by atoms with Crippen LogP contribution in [0, 0.1) is 11.7 Å². The van der Waals surface area contributed by atoms with E-state index in [2.05, 4.69) is 25.9 Å². The van der Waals surface area contributed by atoms with Crippen LogP contribution >= 0.6 is 0 Å². The first-order chi connectivity index (χ1) is 15.6. The van der Waals surface area contributed by atoms with Crippen molar-refractivity contribution in [3.05, 3.63) is 54.0 Å². The molecule has 170 valence electrons. The molecule has 1 atom stereocenters. The smallest absolute Gasteiger partial charge is 0.227 e. The molecule has 1 unspecified atom stereocenters. The lowest BCUT2D eigenvalue weighted by atomic mass is 10.1. The van der Waals surface area contributed by atoms with Crippen LogP contribution in [0.1, 0.15) is 37.7 Å². The third-order valence-corrected chi connectivity index (χ3v) is 6.17. The van der Waals surface area contributed by atoms with Gasteiger partial charge >= 0.3 is 0 Å². The molecule has 1 amide bonds. The number of carbonyl (C=O) groups is 1. The van der Waals surface area contributed by atoms with Gasteiger partial charge < -0.3 is 20.9 Å². The van der Waals surface area contributed by atoms with E-state index in [0.717, 1.165) is 49.9 Å². The highest BCUT2D eigenvalue weighted by Crippen LogP contribution is 2.26. The maximum atomic E-state index is 14.0. The van der Waals surface area contributed by atoms with Gasteiger partial charge in [-0.15, -0.1) is 0 Å². The minimum Gasteiger partial charge on any atom is -0.352 e. The summed E-state index contributed by atoms with van der Waals surface area (Å²) in [4.78, 5) is 22.8. The molecule has 2 aromatic rings. The van der Waals surface area contributed by atoms with E-state index >= 15 is 0 Å². The van der Waals surface area contributed by atoms with Gasteiger partial charge in [0.2, 0.25) is 5.91 Å². The number of nitrogens with one attached hydrogen (secondary N) is 3. The van der Waals surface area contributed by atoms with E-state index in [4.69, 9.17) is 0 Å². The predicted octanol–water partition coefficient (Wildman–Crippen LogP) is 3.29. The zero-order chi connectivity index (χ0) is 22.3. The van der Waals surface area contributed by atoms with Crippen LogP contribution in [0.5, 0.6) is 0 Å². The van der Waals surface area contributed by atoms with Gasteiger partial charge in [0.1, 0.15) is 0 Å². The Morgan fingerprint density at radius 3 is 2.84 bits per heavy atom. The Labute approximate surface area is 188 Å². The third kappa shape index (κ3) is 5.55. The summed E-state index contributed by atoms with van der Waals surface area (Å²) in [6.45, 7) is 1.99. The highest BCUT2D eigenvalue weighted by atomic mass is 19.1. The molecule has 1 aliphatic heterocycles. The van der Waals surface area contributed by atoms with Gasteiger partial charge in [-0.3, -0.25) is 9.79 Å². The summed E-state index contributed by atoms with van der Waals surface area (Å²) >= 11 is 0. The van der Waals surface area contributed by atoms with E-state index in [0.29, 0.717) is 24.9 Å². The molecule has 1 aliphatic carbocycles. The Morgan fingerprint density at radius 2 is 2.06 bits per heavy atom. The molecular weight excluding hydrogens is 407 g/mol. The van der Waals surface area contributed by atoms with Gasteiger partial charge in [0.25, 0.3) is 0 Å². The van der Waals surface area contributed by atoms with Crippen LogP contribution < -0.4 is 20.9 Å². The Morgan fingerprint density at radius 1 is 1.22 bits per heavy atom. The molecule has 1 aromatic heterocycles. The summed E-state index contributed by atoms with van der Waals surface area (Å²) < 4.78 is 14.0. The third-order valence-electron chi connectivity index (χ3n) is 6.17. The van der Waals surface area contributed by atoms with Crippen LogP contribution in [-0.4, -0.2) is 43.0 Å². The molecule has 2 aliphatic rings. The van der Waals surface area contributed by atoms with Crippen LogP contribution in [-0.2, 0) is 11.3 Å². The van der Waals surface area contributed by atoms with Gasteiger partial charge in [-0.05, 0) is 49.1 Å². The number of aliphatic imine (C=N–C) groups is 1. The largest absolute Gasteiger partial charge is 0.352 e. The van der Waals surface area contributed by atoms with E-state index in [-0.39, 0.29) is 23.7 Å². The quantitative estimate of drug-likeness (QED) is 0.476. The number of amides is 1. The monoisotopic (exact) mass is 438 g/mol. The minimum absolute atomic E-state index is 0.125. The summed E-state index contributed by atoms with van der Waals surface area (Å²) in [7, 11) is 1.73. The number of nitrogens with zero attached hydrogens (tertiary/aromatic N) is 3. The zero-order valence-electron chi connectivity index (χ0n) is 18.5. The van der Waals surface area contributed by atoms with Crippen molar-refractivity contribution >= 4 is 23.4 Å². The first-order valence-electron chi connectivity index (χ1n) is 11.3. The zero-order valence-corrected chi connectivity index (χ0v) is 18.5. The molecule has 2 heterocycles. The second-order valence-corrected chi connectivity index (χ2v) is 8.48. The number of carbonyl (C=O) groups excluding carboxylic acids is 1. The topological polar surface area (TPSA) is 81.6 Å². The molecule has 7 nitrogen and oxygen atoms in total. The van der Waals surface area contributed by atoms with Crippen molar-refractivity contribution in [3.63, 3.8) is 0 Å². The SMILES string of the molecule is CN=C(NCc1cccc(NC(=O)C2CCCC2)c1)NC1CCN(c2ncccc2F)C1. The molecular formula is C24H31FN6O. The number of hydrogen-bond donors (Lipinski definition) is 3. The molecule has 0 bridgehead atoms. The normalized spacial score (nSPS) is 19.2. The Balaban J connectivity index is 1.27. The molecule has 0 radical (unpaired) electrons. The Hall–Kier alpha value is -3.16. The second kappa shape index (κ2) is 10.4. The van der Waals surface area contributed by atoms with Crippen LogP contribution in [0.2, 0.25) is 0 Å². The average molecular weight is 439 g/mol. The van der Waals surface area contributed by atoms with Crippen LogP contribution in [0.25, 0.3) is 0 Å². The average Bonchev–Trinajstić information content (AvgIpc) is 3.50. The fraction of sp³-hybridized carbons (Fsp3) is 0.458. The van der Waals surface area contributed by atoms with Gasteiger partial charge in [0.05, 0.1) is 0 Å². The van der Waals surface area contributed by atoms with Gasteiger partial charge in [0.15, 0.2) is 17.6 Å². The Kier molecular flexibility index (Phi) is 7.19. The fourth-order valence-corrected chi connectivity index (χ4v) is 4.45. The van der Waals surface area contributed by atoms with E-state index in [9.17, 15) is 9.18 Å². The molecule has 1 saturated carbocycles. The van der Waals surface area contributed by atoms with Crippen LogP contribution in [0.15, 0.2) is 47.6 Å². The molecule has 0 spiro atoms. The lowest BCUT2D eigenvalue weighted by Gasteiger charge is -2.20. The highest BCUT2D eigenvalue weighted by Gasteiger charge is 2.26. The van der Waals surface area contributed by atoms with Crippen molar-refractivity contribution in [2.75, 3.05) is 30.4 Å². The standard InChI is InChI=1S/C24H31FN6O/c1-26-24(30-20-11-13-31(16-20)22-21(25)10-5-12-27-22)28-15-17-6-4-9-19(14-17)29-23(32)18-7-2-3-8-18/h4-6,9-10,12,14,18,20H,2-3,7-8,11,13,15-16H2,1H3,(H,29,32)(H2,26,28,30). The summed E-state index contributed by atoms with van der Waals surface area (Å²) in [5, 5.41) is 9.80. The van der Waals surface area contributed by atoms with Crippen LogP contribution in [0.3, 0.4) is 0 Å². The van der Waals surface area contributed by atoms with E-state index in [1.54, 1.807) is 19.3 Å². The van der Waals surface area contributed by atoms with Crippen molar-refractivity contribution in [3.8, 4) is 0 Å². The number of guanidine groups is 1. The molecule has 1 saturated heterocycles. The summed E-state index contributed by atoms with van der Waals surface area (Å²) in [6, 6.07) is 11.1. The predicted molar refractivity (Wildman–Crippen MR) is 125 cm³/mol. The molecule has 8 heteroatoms. The van der Waals surface area contributed by atoms with Gasteiger partial charge in [-0.2, -0.15) is 0 Å². The van der Waals surface area contributed by atoms with Crippen LogP contribution in [0.4, 0.5) is 15.9 Å². The summed E-state index contributed by atoms with van der Waals surface area (Å²) in [6.07, 6.45) is 6.75. The number of hydrogen-bond acceptors (Lipinski definition) is 4. The molecule has 3 N–H and O–H groups in total. The highest BCUT2D eigenvalue weighted by molar-refractivity contribution is 5.92. The molecule has 32 heavy (non-hydrogen) atoms. The number of rotatable bonds is 6. The lowest BCUT2D eigenvalue weighted by molar-refractivity contribution is -0.119.